The monoisotopic (exact) mass is 393 g/mol. The van der Waals surface area contributed by atoms with Gasteiger partial charge in [0.05, 0.1) is 19.3 Å². The summed E-state index contributed by atoms with van der Waals surface area (Å²) in [5.41, 5.74) is 1.76. The van der Waals surface area contributed by atoms with Crippen LogP contribution in [0.1, 0.15) is 30.2 Å². The van der Waals surface area contributed by atoms with Crippen molar-refractivity contribution in [1.82, 2.24) is 19.9 Å². The predicted octanol–water partition coefficient (Wildman–Crippen LogP) is 3.49. The van der Waals surface area contributed by atoms with E-state index >= 15 is 0 Å². The van der Waals surface area contributed by atoms with Crippen molar-refractivity contribution in [3.8, 4) is 11.5 Å². The summed E-state index contributed by atoms with van der Waals surface area (Å²) in [6.45, 7) is 8.02. The van der Waals surface area contributed by atoms with Gasteiger partial charge in [0.25, 0.3) is 0 Å². The molecule has 152 valence electrons. The maximum Gasteiger partial charge on any atom is 0.180 e. The lowest BCUT2D eigenvalue weighted by Gasteiger charge is -2.33. The topological polar surface area (TPSA) is 76.3 Å². The van der Waals surface area contributed by atoms with Crippen LogP contribution in [0.25, 0.3) is 11.5 Å². The van der Waals surface area contributed by atoms with Gasteiger partial charge in [0.15, 0.2) is 5.82 Å². The number of rotatable bonds is 7. The van der Waals surface area contributed by atoms with Gasteiger partial charge in [0.2, 0.25) is 0 Å². The van der Waals surface area contributed by atoms with E-state index in [0.29, 0.717) is 12.4 Å². The van der Waals surface area contributed by atoms with Gasteiger partial charge in [-0.3, -0.25) is 9.88 Å². The second-order valence-electron chi connectivity index (χ2n) is 7.13. The third-order valence-corrected chi connectivity index (χ3v) is 5.09. The van der Waals surface area contributed by atoms with Crippen LogP contribution < -0.4 is 5.32 Å². The molecule has 0 amide bonds. The normalized spacial score (nSPS) is 15.9. The Balaban J connectivity index is 1.56. The average molecular weight is 393 g/mol. The van der Waals surface area contributed by atoms with Crippen molar-refractivity contribution in [2.75, 3.05) is 38.2 Å². The van der Waals surface area contributed by atoms with E-state index in [0.717, 1.165) is 61.5 Å². The first-order chi connectivity index (χ1) is 14.2. The summed E-state index contributed by atoms with van der Waals surface area (Å²) >= 11 is 0. The number of furan rings is 1. The molecule has 1 saturated heterocycles. The molecule has 29 heavy (non-hydrogen) atoms. The second kappa shape index (κ2) is 9.15. The van der Waals surface area contributed by atoms with Gasteiger partial charge in [-0.1, -0.05) is 13.0 Å². The van der Waals surface area contributed by atoms with Gasteiger partial charge in [0, 0.05) is 37.6 Å². The Morgan fingerprint density at radius 2 is 2.00 bits per heavy atom. The smallest absolute Gasteiger partial charge is 0.180 e. The fraction of sp³-hybridized carbons (Fsp3) is 0.409. The zero-order chi connectivity index (χ0) is 20.1. The van der Waals surface area contributed by atoms with Gasteiger partial charge in [-0.15, -0.1) is 0 Å². The minimum Gasteiger partial charge on any atom is -0.465 e. The quantitative estimate of drug-likeness (QED) is 0.658. The van der Waals surface area contributed by atoms with Gasteiger partial charge in [0.1, 0.15) is 23.0 Å². The first kappa shape index (κ1) is 19.5. The van der Waals surface area contributed by atoms with E-state index < -0.39 is 0 Å². The number of nitrogens with one attached hydrogen (secondary N) is 1. The van der Waals surface area contributed by atoms with Crippen molar-refractivity contribution in [3.05, 3.63) is 59.8 Å². The van der Waals surface area contributed by atoms with Crippen LogP contribution in [-0.2, 0) is 11.2 Å². The molecule has 1 N–H and O–H groups in total. The van der Waals surface area contributed by atoms with Crippen LogP contribution in [0, 0.1) is 6.92 Å². The molecular formula is C22H27N5O2. The molecule has 0 saturated carbocycles. The number of pyridine rings is 1. The Bertz CT molecular complexity index is 922. The van der Waals surface area contributed by atoms with Crippen LogP contribution in [0.5, 0.6) is 0 Å². The summed E-state index contributed by atoms with van der Waals surface area (Å²) in [5.74, 6) is 3.33. The van der Waals surface area contributed by atoms with Gasteiger partial charge < -0.3 is 14.5 Å². The number of ether oxygens (including phenoxy) is 1. The molecule has 0 aromatic carbocycles. The Hall–Kier alpha value is -2.77. The van der Waals surface area contributed by atoms with Gasteiger partial charge in [-0.2, -0.15) is 0 Å². The second-order valence-corrected chi connectivity index (χ2v) is 7.13. The van der Waals surface area contributed by atoms with E-state index in [1.807, 2.05) is 37.3 Å². The molecular weight excluding hydrogens is 366 g/mol. The maximum absolute atomic E-state index is 5.96. The van der Waals surface area contributed by atoms with Gasteiger partial charge >= 0.3 is 0 Å². The molecule has 1 aliphatic heterocycles. The SMILES string of the molecule is CCc1cc(NCC(c2ccc(C)o2)N2CCOCC2)nc(-c2ccccn2)n1. The molecule has 1 fully saturated rings. The van der Waals surface area contributed by atoms with Crippen LogP contribution in [-0.4, -0.2) is 52.7 Å². The summed E-state index contributed by atoms with van der Waals surface area (Å²) in [6, 6.07) is 12.0. The molecule has 0 bridgehead atoms. The number of hydrogen-bond donors (Lipinski definition) is 1. The van der Waals surface area contributed by atoms with E-state index in [-0.39, 0.29) is 6.04 Å². The summed E-state index contributed by atoms with van der Waals surface area (Å²) in [7, 11) is 0. The lowest BCUT2D eigenvalue weighted by Crippen LogP contribution is -2.41. The van der Waals surface area contributed by atoms with E-state index in [9.17, 15) is 0 Å². The van der Waals surface area contributed by atoms with Crippen LogP contribution in [0.4, 0.5) is 5.82 Å². The Morgan fingerprint density at radius 3 is 2.69 bits per heavy atom. The van der Waals surface area contributed by atoms with Gasteiger partial charge in [-0.25, -0.2) is 9.97 Å². The van der Waals surface area contributed by atoms with E-state index in [1.54, 1.807) is 6.20 Å². The number of nitrogens with zero attached hydrogens (tertiary/aromatic N) is 4. The highest BCUT2D eigenvalue weighted by atomic mass is 16.5. The summed E-state index contributed by atoms with van der Waals surface area (Å²) in [6.07, 6.45) is 2.60. The number of anilines is 1. The zero-order valence-electron chi connectivity index (χ0n) is 17.0. The lowest BCUT2D eigenvalue weighted by molar-refractivity contribution is 0.0143. The first-order valence-corrected chi connectivity index (χ1v) is 10.1. The molecule has 0 radical (unpaired) electrons. The van der Waals surface area contributed by atoms with Gasteiger partial charge in [-0.05, 0) is 37.6 Å². The predicted molar refractivity (Wildman–Crippen MR) is 112 cm³/mol. The average Bonchev–Trinajstić information content (AvgIpc) is 3.21. The van der Waals surface area contributed by atoms with E-state index in [1.165, 1.54) is 0 Å². The van der Waals surface area contributed by atoms with E-state index in [4.69, 9.17) is 14.1 Å². The highest BCUT2D eigenvalue weighted by molar-refractivity contribution is 5.53. The summed E-state index contributed by atoms with van der Waals surface area (Å²) < 4.78 is 11.5. The maximum atomic E-state index is 5.96. The molecule has 4 heterocycles. The largest absolute Gasteiger partial charge is 0.465 e. The Kier molecular flexibility index (Phi) is 6.17. The minimum absolute atomic E-state index is 0.117. The van der Waals surface area contributed by atoms with Crippen molar-refractivity contribution in [2.45, 2.75) is 26.3 Å². The lowest BCUT2D eigenvalue weighted by atomic mass is 10.1. The molecule has 1 aliphatic rings. The summed E-state index contributed by atoms with van der Waals surface area (Å²) in [4.78, 5) is 16.1. The van der Waals surface area contributed by atoms with Crippen LogP contribution in [0.2, 0.25) is 0 Å². The zero-order valence-corrected chi connectivity index (χ0v) is 17.0. The van der Waals surface area contributed by atoms with E-state index in [2.05, 4.69) is 33.2 Å². The fourth-order valence-corrected chi connectivity index (χ4v) is 3.51. The first-order valence-electron chi connectivity index (χ1n) is 10.1. The number of hydrogen-bond acceptors (Lipinski definition) is 7. The fourth-order valence-electron chi connectivity index (χ4n) is 3.51. The Morgan fingerprint density at radius 1 is 1.14 bits per heavy atom. The van der Waals surface area contributed by atoms with Crippen molar-refractivity contribution < 1.29 is 9.15 Å². The van der Waals surface area contributed by atoms with Crippen molar-refractivity contribution in [1.29, 1.82) is 0 Å². The third-order valence-electron chi connectivity index (χ3n) is 5.09. The molecule has 7 nitrogen and oxygen atoms in total. The molecule has 4 rings (SSSR count). The molecule has 0 aliphatic carbocycles. The molecule has 7 heteroatoms. The van der Waals surface area contributed by atoms with Crippen LogP contribution in [0.3, 0.4) is 0 Å². The Labute approximate surface area is 171 Å². The number of aryl methyl sites for hydroxylation is 2. The molecule has 1 unspecified atom stereocenters. The highest BCUT2D eigenvalue weighted by Gasteiger charge is 2.25. The van der Waals surface area contributed by atoms with Crippen molar-refractivity contribution in [3.63, 3.8) is 0 Å². The molecule has 3 aromatic rings. The highest BCUT2D eigenvalue weighted by Crippen LogP contribution is 2.25. The van der Waals surface area contributed by atoms with Crippen LogP contribution >= 0.6 is 0 Å². The molecule has 3 aromatic heterocycles. The number of morpholine rings is 1. The standard InChI is InChI=1S/C22H27N5O2/c1-3-17-14-21(26-22(25-17)18-6-4-5-9-23-18)24-15-19(20-8-7-16(2)29-20)27-10-12-28-13-11-27/h4-9,14,19H,3,10-13,15H2,1-2H3,(H,24,25,26). The van der Waals surface area contributed by atoms with Crippen molar-refractivity contribution in [2.24, 2.45) is 0 Å². The summed E-state index contributed by atoms with van der Waals surface area (Å²) in [5, 5.41) is 3.51. The number of aromatic nitrogens is 3. The van der Waals surface area contributed by atoms with Crippen molar-refractivity contribution >= 4 is 5.82 Å². The third kappa shape index (κ3) is 4.81. The van der Waals surface area contributed by atoms with Crippen LogP contribution in [0.15, 0.2) is 47.0 Å². The molecule has 1 atom stereocenters. The molecule has 0 spiro atoms. The minimum atomic E-state index is 0.117.